The molecule has 1 heterocycles. The summed E-state index contributed by atoms with van der Waals surface area (Å²) in [7, 11) is 0. The highest BCUT2D eigenvalue weighted by Gasteiger charge is 2.30. The van der Waals surface area contributed by atoms with Gasteiger partial charge in [-0.2, -0.15) is 0 Å². The Labute approximate surface area is 144 Å². The topological polar surface area (TPSA) is 32.3 Å². The van der Waals surface area contributed by atoms with Crippen LogP contribution in [-0.4, -0.2) is 23.4 Å². The van der Waals surface area contributed by atoms with Gasteiger partial charge in [-0.1, -0.05) is 54.6 Å². The van der Waals surface area contributed by atoms with Gasteiger partial charge in [-0.3, -0.25) is 4.79 Å². The van der Waals surface area contributed by atoms with E-state index in [2.05, 4.69) is 65.7 Å². The highest BCUT2D eigenvalue weighted by Crippen LogP contribution is 2.24. The minimum Gasteiger partial charge on any atom is -0.335 e. The molecule has 1 fully saturated rings. The Balaban J connectivity index is 1.51. The van der Waals surface area contributed by atoms with E-state index < -0.39 is 0 Å². The maximum Gasteiger partial charge on any atom is 0.223 e. The number of likely N-dealkylation sites (tertiary alicyclic amines) is 1. The number of rotatable bonds is 7. The summed E-state index contributed by atoms with van der Waals surface area (Å²) in [5.74, 6) is 0.298. The predicted octanol–water partition coefficient (Wildman–Crippen LogP) is 3.67. The summed E-state index contributed by atoms with van der Waals surface area (Å²) < 4.78 is 0. The third-order valence-corrected chi connectivity index (χ3v) is 4.88. The molecular weight excluding hydrogens is 296 g/mol. The predicted molar refractivity (Wildman–Crippen MR) is 97.5 cm³/mol. The molecule has 1 saturated heterocycles. The molecule has 24 heavy (non-hydrogen) atoms. The summed E-state index contributed by atoms with van der Waals surface area (Å²) in [4.78, 5) is 14.3. The fraction of sp³-hybridized carbons (Fsp3) is 0.381. The number of carbonyl (C=O) groups excluding carboxylic acids is 1. The Kier molecular flexibility index (Phi) is 5.65. The summed E-state index contributed by atoms with van der Waals surface area (Å²) in [5.41, 5.74) is 3.82. The summed E-state index contributed by atoms with van der Waals surface area (Å²) in [6.07, 6.45) is 2.69. The Bertz CT molecular complexity index is 669. The number of hydrogen-bond donors (Lipinski definition) is 1. The molecule has 1 aliphatic rings. The molecule has 126 valence electrons. The van der Waals surface area contributed by atoms with Gasteiger partial charge in [-0.05, 0) is 43.0 Å². The molecule has 1 atom stereocenters. The van der Waals surface area contributed by atoms with Gasteiger partial charge in [0.1, 0.15) is 0 Å². The Morgan fingerprint density at radius 1 is 1.08 bits per heavy atom. The van der Waals surface area contributed by atoms with E-state index in [0.29, 0.717) is 18.4 Å². The average Bonchev–Trinajstić information content (AvgIpc) is 2.95. The normalized spacial score (nSPS) is 17.5. The molecule has 3 heteroatoms. The van der Waals surface area contributed by atoms with Gasteiger partial charge in [-0.25, -0.2) is 0 Å². The maximum absolute atomic E-state index is 12.3. The van der Waals surface area contributed by atoms with Crippen molar-refractivity contribution in [1.82, 2.24) is 10.2 Å². The van der Waals surface area contributed by atoms with Gasteiger partial charge in [-0.15, -0.1) is 0 Å². The molecule has 0 aliphatic carbocycles. The Morgan fingerprint density at radius 3 is 2.62 bits per heavy atom. The molecular formula is C21H26N2O. The third kappa shape index (κ3) is 4.24. The first-order chi connectivity index (χ1) is 11.7. The van der Waals surface area contributed by atoms with E-state index in [1.54, 1.807) is 0 Å². The van der Waals surface area contributed by atoms with Crippen molar-refractivity contribution in [3.63, 3.8) is 0 Å². The van der Waals surface area contributed by atoms with E-state index >= 15 is 0 Å². The van der Waals surface area contributed by atoms with E-state index in [9.17, 15) is 4.79 Å². The second kappa shape index (κ2) is 8.11. The molecule has 2 aromatic rings. The van der Waals surface area contributed by atoms with Crippen molar-refractivity contribution in [2.75, 3.05) is 6.54 Å². The number of benzene rings is 2. The zero-order valence-electron chi connectivity index (χ0n) is 14.4. The van der Waals surface area contributed by atoms with Crippen LogP contribution in [0.3, 0.4) is 0 Å². The van der Waals surface area contributed by atoms with Crippen molar-refractivity contribution in [1.29, 1.82) is 0 Å². The summed E-state index contributed by atoms with van der Waals surface area (Å²) >= 11 is 0. The number of nitrogens with zero attached hydrogens (tertiary/aromatic N) is 1. The minimum atomic E-state index is 0.298. The van der Waals surface area contributed by atoms with Crippen LogP contribution in [0.4, 0.5) is 0 Å². The molecule has 1 aliphatic heterocycles. The summed E-state index contributed by atoms with van der Waals surface area (Å²) in [5, 5.41) is 3.50. The standard InChI is InChI=1S/C21H26N2O/c1-17-7-5-6-10-19(17)16-23-20(11-12-21(23)24)13-14-22-15-18-8-3-2-4-9-18/h2-10,20,22H,11-16H2,1H3/t20-/m0/s1. The van der Waals surface area contributed by atoms with Crippen LogP contribution in [0, 0.1) is 6.92 Å². The molecule has 2 aromatic carbocycles. The number of amides is 1. The van der Waals surface area contributed by atoms with Gasteiger partial charge >= 0.3 is 0 Å². The highest BCUT2D eigenvalue weighted by atomic mass is 16.2. The molecule has 1 amide bonds. The quantitative estimate of drug-likeness (QED) is 0.789. The van der Waals surface area contributed by atoms with Crippen LogP contribution in [-0.2, 0) is 17.9 Å². The van der Waals surface area contributed by atoms with Crippen LogP contribution in [0.1, 0.15) is 36.0 Å². The van der Waals surface area contributed by atoms with Gasteiger partial charge in [0.25, 0.3) is 0 Å². The van der Waals surface area contributed by atoms with Crippen LogP contribution in [0.15, 0.2) is 54.6 Å². The van der Waals surface area contributed by atoms with Gasteiger partial charge in [0.15, 0.2) is 0 Å². The van der Waals surface area contributed by atoms with Gasteiger partial charge < -0.3 is 10.2 Å². The first-order valence-corrected chi connectivity index (χ1v) is 8.82. The van der Waals surface area contributed by atoms with Crippen molar-refractivity contribution >= 4 is 5.91 Å². The summed E-state index contributed by atoms with van der Waals surface area (Å²) in [6, 6.07) is 19.2. The molecule has 3 nitrogen and oxygen atoms in total. The van der Waals surface area contributed by atoms with Crippen molar-refractivity contribution in [3.05, 3.63) is 71.3 Å². The second-order valence-electron chi connectivity index (χ2n) is 6.59. The van der Waals surface area contributed by atoms with Crippen molar-refractivity contribution in [3.8, 4) is 0 Å². The van der Waals surface area contributed by atoms with Crippen LogP contribution in [0.2, 0.25) is 0 Å². The van der Waals surface area contributed by atoms with Crippen LogP contribution in [0.25, 0.3) is 0 Å². The molecule has 0 aromatic heterocycles. The van der Waals surface area contributed by atoms with E-state index in [4.69, 9.17) is 0 Å². The van der Waals surface area contributed by atoms with E-state index in [-0.39, 0.29) is 0 Å². The van der Waals surface area contributed by atoms with Crippen LogP contribution < -0.4 is 5.32 Å². The highest BCUT2D eigenvalue weighted by molar-refractivity contribution is 5.78. The van der Waals surface area contributed by atoms with Gasteiger partial charge in [0.2, 0.25) is 5.91 Å². The largest absolute Gasteiger partial charge is 0.335 e. The Morgan fingerprint density at radius 2 is 1.83 bits per heavy atom. The van der Waals surface area contributed by atoms with Gasteiger partial charge in [0.05, 0.1) is 0 Å². The molecule has 1 N–H and O–H groups in total. The smallest absolute Gasteiger partial charge is 0.223 e. The third-order valence-electron chi connectivity index (χ3n) is 4.88. The minimum absolute atomic E-state index is 0.298. The molecule has 0 spiro atoms. The first kappa shape index (κ1) is 16.7. The monoisotopic (exact) mass is 322 g/mol. The van der Waals surface area contributed by atoms with Gasteiger partial charge in [0, 0.05) is 25.6 Å². The lowest BCUT2D eigenvalue weighted by Gasteiger charge is -2.26. The Hall–Kier alpha value is -2.13. The van der Waals surface area contributed by atoms with Crippen molar-refractivity contribution < 1.29 is 4.79 Å². The average molecular weight is 322 g/mol. The first-order valence-electron chi connectivity index (χ1n) is 8.82. The van der Waals surface area contributed by atoms with Crippen molar-refractivity contribution in [2.45, 2.75) is 45.3 Å². The SMILES string of the molecule is Cc1ccccc1CN1C(=O)CC[C@H]1CCNCc1ccccc1. The molecule has 0 bridgehead atoms. The second-order valence-corrected chi connectivity index (χ2v) is 6.59. The zero-order chi connectivity index (χ0) is 16.8. The zero-order valence-corrected chi connectivity index (χ0v) is 14.4. The summed E-state index contributed by atoms with van der Waals surface area (Å²) in [6.45, 7) is 4.69. The van der Waals surface area contributed by atoms with Crippen LogP contribution >= 0.6 is 0 Å². The molecule has 3 rings (SSSR count). The van der Waals surface area contributed by atoms with E-state index in [1.807, 2.05) is 6.07 Å². The fourth-order valence-electron chi connectivity index (χ4n) is 3.38. The van der Waals surface area contributed by atoms with E-state index in [1.165, 1.54) is 16.7 Å². The molecule has 0 saturated carbocycles. The van der Waals surface area contributed by atoms with E-state index in [0.717, 1.165) is 32.5 Å². The lowest BCUT2D eigenvalue weighted by molar-refractivity contribution is -0.129. The fourth-order valence-corrected chi connectivity index (χ4v) is 3.38. The number of nitrogens with one attached hydrogen (secondary N) is 1. The van der Waals surface area contributed by atoms with Crippen molar-refractivity contribution in [2.24, 2.45) is 0 Å². The van der Waals surface area contributed by atoms with Crippen LogP contribution in [0.5, 0.6) is 0 Å². The maximum atomic E-state index is 12.3. The lowest BCUT2D eigenvalue weighted by atomic mass is 10.1. The number of hydrogen-bond acceptors (Lipinski definition) is 2. The number of carbonyl (C=O) groups is 1. The lowest BCUT2D eigenvalue weighted by Crippen LogP contribution is -2.34. The molecule has 0 unspecified atom stereocenters. The number of aryl methyl sites for hydroxylation is 1. The molecule has 0 radical (unpaired) electrons.